The summed E-state index contributed by atoms with van der Waals surface area (Å²) in [5, 5.41) is 0. The highest BCUT2D eigenvalue weighted by Crippen LogP contribution is 2.52. The summed E-state index contributed by atoms with van der Waals surface area (Å²) in [6.45, 7) is 7.40. The minimum atomic E-state index is -4.17. The molecule has 0 N–H and O–H groups in total. The Hall–Kier alpha value is -1.72. The van der Waals surface area contributed by atoms with E-state index in [0.717, 1.165) is 83.2 Å². The third-order valence-electron chi connectivity index (χ3n) is 7.71. The van der Waals surface area contributed by atoms with Crippen LogP contribution in [0.15, 0.2) is 17.1 Å². The second kappa shape index (κ2) is 21.2. The maximum absolute atomic E-state index is 15.9. The topological polar surface area (TPSA) is 115 Å². The van der Waals surface area contributed by atoms with Crippen molar-refractivity contribution in [2.45, 2.75) is 155 Å². The molecule has 0 radical (unpaired) electrons. The lowest BCUT2D eigenvalue weighted by molar-refractivity contribution is -0.176. The van der Waals surface area contributed by atoms with Gasteiger partial charge in [0.15, 0.2) is 6.10 Å². The highest BCUT2D eigenvalue weighted by Gasteiger charge is 2.62. The van der Waals surface area contributed by atoms with E-state index in [1.54, 1.807) is 6.92 Å². The third-order valence-corrected chi connectivity index (χ3v) is 9.17. The van der Waals surface area contributed by atoms with Gasteiger partial charge in [-0.05, 0) is 32.3 Å². The minimum absolute atomic E-state index is 0.0403. The fourth-order valence-electron chi connectivity index (χ4n) is 5.04. The van der Waals surface area contributed by atoms with Crippen LogP contribution in [0.25, 0.3) is 0 Å². The minimum Gasteiger partial charge on any atom is -0.453 e. The van der Waals surface area contributed by atoms with Crippen molar-refractivity contribution >= 4 is 13.8 Å². The number of rotatable bonds is 25. The van der Waals surface area contributed by atoms with Crippen LogP contribution < -0.4 is 5.69 Å². The van der Waals surface area contributed by atoms with Crippen molar-refractivity contribution in [2.75, 3.05) is 19.8 Å². The van der Waals surface area contributed by atoms with Crippen molar-refractivity contribution in [2.24, 2.45) is 0 Å². The van der Waals surface area contributed by atoms with Gasteiger partial charge in [0.2, 0.25) is 6.23 Å². The number of halogens is 2. The molecule has 1 aromatic heterocycles. The van der Waals surface area contributed by atoms with E-state index < -0.39 is 50.4 Å². The van der Waals surface area contributed by atoms with Gasteiger partial charge in [0.05, 0.1) is 19.8 Å². The zero-order chi connectivity index (χ0) is 33.1. The zero-order valence-electron chi connectivity index (χ0n) is 27.7. The number of alkyl halides is 2. The predicted molar refractivity (Wildman–Crippen MR) is 168 cm³/mol. The van der Waals surface area contributed by atoms with Gasteiger partial charge in [0.25, 0.3) is 0 Å². The number of hydrogen-bond donors (Lipinski definition) is 0. The Morgan fingerprint density at radius 3 is 1.96 bits per heavy atom. The number of phosphoric acid groups is 1. The Balaban J connectivity index is 2.18. The highest BCUT2D eigenvalue weighted by atomic mass is 31.2. The van der Waals surface area contributed by atoms with E-state index in [-0.39, 0.29) is 19.6 Å². The number of unbranched alkanes of at least 4 members (excludes halogenated alkanes) is 12. The van der Waals surface area contributed by atoms with Crippen LogP contribution in [-0.4, -0.2) is 53.5 Å². The Kier molecular flexibility index (Phi) is 18.6. The molecule has 0 aliphatic carbocycles. The number of esters is 1. The molecule has 10 nitrogen and oxygen atoms in total. The van der Waals surface area contributed by atoms with Gasteiger partial charge >= 0.3 is 25.4 Å². The fourth-order valence-corrected chi connectivity index (χ4v) is 6.30. The van der Waals surface area contributed by atoms with Crippen LogP contribution in [0.1, 0.15) is 135 Å². The Labute approximate surface area is 267 Å². The largest absolute Gasteiger partial charge is 0.474 e. The summed E-state index contributed by atoms with van der Waals surface area (Å²) in [4.78, 5) is 29.0. The van der Waals surface area contributed by atoms with Gasteiger partial charge in [-0.25, -0.2) is 9.36 Å². The number of ether oxygens (including phenoxy) is 2. The lowest BCUT2D eigenvalue weighted by atomic mass is 10.1. The summed E-state index contributed by atoms with van der Waals surface area (Å²) in [5.41, 5.74) is -0.589. The van der Waals surface area contributed by atoms with Gasteiger partial charge in [-0.1, -0.05) is 97.8 Å². The molecule has 3 atom stereocenters. The molecule has 2 heterocycles. The van der Waals surface area contributed by atoms with Gasteiger partial charge < -0.3 is 9.47 Å². The quantitative estimate of drug-likeness (QED) is 0.0577. The number of aromatic nitrogens is 2. The number of phosphoric ester groups is 1. The Bertz CT molecular complexity index is 1070. The van der Waals surface area contributed by atoms with Gasteiger partial charge in [-0.15, -0.1) is 0 Å². The molecule has 0 amide bonds. The predicted octanol–water partition coefficient (Wildman–Crippen LogP) is 8.46. The van der Waals surface area contributed by atoms with Crippen molar-refractivity contribution in [1.29, 1.82) is 0 Å². The number of carbonyl (C=O) groups excluding carboxylic acids is 1. The van der Waals surface area contributed by atoms with Gasteiger partial charge in [-0.3, -0.25) is 22.9 Å². The smallest absolute Gasteiger partial charge is 0.453 e. The van der Waals surface area contributed by atoms with E-state index in [0.29, 0.717) is 29.5 Å². The van der Waals surface area contributed by atoms with Gasteiger partial charge in [-0.2, -0.15) is 13.8 Å². The summed E-state index contributed by atoms with van der Waals surface area (Å²) < 4.78 is 73.8. The summed E-state index contributed by atoms with van der Waals surface area (Å²) in [5.74, 6) is -4.63. The van der Waals surface area contributed by atoms with Crippen LogP contribution in [0.2, 0.25) is 0 Å². The Morgan fingerprint density at radius 2 is 1.42 bits per heavy atom. The van der Waals surface area contributed by atoms with Crippen LogP contribution in [-0.2, 0) is 32.4 Å². The second-order valence-corrected chi connectivity index (χ2v) is 13.4. The lowest BCUT2D eigenvalue weighted by Gasteiger charge is -2.25. The molecule has 2 rings (SSSR count). The van der Waals surface area contributed by atoms with E-state index in [1.165, 1.54) is 6.07 Å². The van der Waals surface area contributed by atoms with E-state index >= 15 is 8.78 Å². The van der Waals surface area contributed by atoms with Crippen LogP contribution in [0.3, 0.4) is 0 Å². The Morgan fingerprint density at radius 1 is 0.889 bits per heavy atom. The number of hydrogen-bond acceptors (Lipinski definition) is 9. The molecule has 0 saturated carbocycles. The van der Waals surface area contributed by atoms with Crippen molar-refractivity contribution in [3.05, 3.63) is 28.4 Å². The highest BCUT2D eigenvalue weighted by molar-refractivity contribution is 7.48. The summed E-state index contributed by atoms with van der Waals surface area (Å²) in [6.07, 6.45) is 8.94. The summed E-state index contributed by atoms with van der Waals surface area (Å²) in [6, 6.07) is 1.40. The van der Waals surface area contributed by atoms with Gasteiger partial charge in [0, 0.05) is 18.3 Å². The first-order valence-corrected chi connectivity index (χ1v) is 18.4. The molecule has 1 aromatic rings. The van der Waals surface area contributed by atoms with Gasteiger partial charge in [0.1, 0.15) is 6.10 Å². The van der Waals surface area contributed by atoms with Crippen LogP contribution in [0, 0.1) is 6.92 Å². The number of nitrogens with zero attached hydrogens (tertiary/aromatic N) is 2. The lowest BCUT2D eigenvalue weighted by Crippen LogP contribution is -2.44. The van der Waals surface area contributed by atoms with Crippen LogP contribution in [0.5, 0.6) is 0 Å². The molecule has 0 unspecified atom stereocenters. The first-order valence-electron chi connectivity index (χ1n) is 16.9. The maximum atomic E-state index is 15.9. The normalized spacial score (nSPS) is 19.6. The molecule has 1 fully saturated rings. The fraction of sp³-hybridized carbons (Fsp3) is 0.844. The second-order valence-electron chi connectivity index (χ2n) is 11.8. The maximum Gasteiger partial charge on any atom is 0.474 e. The molecule has 1 saturated heterocycles. The first-order chi connectivity index (χ1) is 21.6. The summed E-state index contributed by atoms with van der Waals surface area (Å²) in [7, 11) is -4.17. The van der Waals surface area contributed by atoms with E-state index in [1.807, 2.05) is 0 Å². The van der Waals surface area contributed by atoms with Crippen molar-refractivity contribution in [3.8, 4) is 0 Å². The standard InChI is InChI=1S/C32H55F2N2O8P/c1-5-8-11-14-17-20-28(37)44-29-27(43-30(32(29,33)34)36-22-21-26(4)35-31(36)38)25-42-45(39,40-23-18-15-12-9-6-2)41-24-19-16-13-10-7-3/h21-22,27,29-30H,5-20,23-25H2,1-4H3/t27-,29-,30-/m1/s1. The number of aryl methyl sites for hydroxylation is 1. The molecule has 1 aliphatic rings. The van der Waals surface area contributed by atoms with Crippen LogP contribution >= 0.6 is 7.82 Å². The SMILES string of the molecule is CCCCCCCOP(=O)(OCCCCCCC)OC[C@H]1O[C@@H](n2ccc(C)nc2=O)C(F)(F)[C@@H]1OC(=O)CCCCCCC. The molecule has 45 heavy (non-hydrogen) atoms. The van der Waals surface area contributed by atoms with E-state index in [9.17, 15) is 14.2 Å². The third kappa shape index (κ3) is 13.9. The summed E-state index contributed by atoms with van der Waals surface area (Å²) >= 11 is 0. The molecular weight excluding hydrogens is 609 g/mol. The average Bonchev–Trinajstić information content (AvgIpc) is 3.24. The molecular formula is C32H55F2N2O8P. The molecule has 0 aromatic carbocycles. The number of carbonyl (C=O) groups is 1. The van der Waals surface area contributed by atoms with Crippen molar-refractivity contribution in [3.63, 3.8) is 0 Å². The monoisotopic (exact) mass is 664 g/mol. The first kappa shape index (κ1) is 39.5. The average molecular weight is 665 g/mol. The molecule has 1 aliphatic heterocycles. The van der Waals surface area contributed by atoms with Crippen molar-refractivity contribution in [1.82, 2.24) is 9.55 Å². The van der Waals surface area contributed by atoms with Crippen LogP contribution in [0.4, 0.5) is 8.78 Å². The van der Waals surface area contributed by atoms with Crippen molar-refractivity contribution < 1.29 is 41.2 Å². The zero-order valence-corrected chi connectivity index (χ0v) is 28.6. The van der Waals surface area contributed by atoms with E-state index in [4.69, 9.17) is 23.0 Å². The molecule has 260 valence electrons. The molecule has 0 spiro atoms. The molecule has 0 bridgehead atoms. The van der Waals surface area contributed by atoms with E-state index in [2.05, 4.69) is 25.8 Å². The molecule has 13 heteroatoms.